The number of amides is 1. The fraction of sp³-hybridized carbons (Fsp3) is 0.429. The highest BCUT2D eigenvalue weighted by Crippen LogP contribution is 2.08. The molecule has 0 fully saturated rings. The molecule has 1 amide bonds. The fourth-order valence-electron chi connectivity index (χ4n) is 1.59. The van der Waals surface area contributed by atoms with Crippen LogP contribution in [0.2, 0.25) is 0 Å². The van der Waals surface area contributed by atoms with Crippen molar-refractivity contribution < 1.29 is 24.5 Å². The molecule has 0 aliphatic carbocycles. The number of ether oxygens (including phenoxy) is 1. The van der Waals surface area contributed by atoms with Gasteiger partial charge in [-0.05, 0) is 18.6 Å². The van der Waals surface area contributed by atoms with E-state index >= 15 is 0 Å². The van der Waals surface area contributed by atoms with Gasteiger partial charge in [-0.3, -0.25) is 4.79 Å². The van der Waals surface area contributed by atoms with E-state index in [-0.39, 0.29) is 25.4 Å². The molecule has 6 heteroatoms. The van der Waals surface area contributed by atoms with E-state index in [1.165, 1.54) is 0 Å². The van der Waals surface area contributed by atoms with Gasteiger partial charge in [0.2, 0.25) is 5.91 Å². The number of aliphatic carboxylic acids is 1. The maximum absolute atomic E-state index is 11.5. The summed E-state index contributed by atoms with van der Waals surface area (Å²) in [7, 11) is 0. The second kappa shape index (κ2) is 8.92. The summed E-state index contributed by atoms with van der Waals surface area (Å²) >= 11 is 0. The Kier molecular flexibility index (Phi) is 7.13. The summed E-state index contributed by atoms with van der Waals surface area (Å²) in [5.41, 5.74) is 0. The number of carbonyl (C=O) groups excluding carboxylic acids is 1. The van der Waals surface area contributed by atoms with Crippen molar-refractivity contribution in [2.45, 2.75) is 25.3 Å². The lowest BCUT2D eigenvalue weighted by molar-refractivity contribution is -0.142. The molecule has 1 atom stereocenters. The van der Waals surface area contributed by atoms with E-state index in [0.717, 1.165) is 5.75 Å². The Morgan fingerprint density at radius 3 is 2.55 bits per heavy atom. The lowest BCUT2D eigenvalue weighted by Gasteiger charge is -2.13. The molecule has 1 aromatic rings. The lowest BCUT2D eigenvalue weighted by atomic mass is 10.2. The number of hydrogen-bond acceptors (Lipinski definition) is 4. The normalized spacial score (nSPS) is 11.7. The van der Waals surface area contributed by atoms with Crippen molar-refractivity contribution in [3.8, 4) is 5.75 Å². The number of aliphatic hydroxyl groups excluding tert-OH is 1. The largest absolute Gasteiger partial charge is 0.494 e. The molecular weight excluding hydrogens is 262 g/mol. The van der Waals surface area contributed by atoms with Crippen molar-refractivity contribution >= 4 is 11.9 Å². The van der Waals surface area contributed by atoms with Crippen molar-refractivity contribution in [3.05, 3.63) is 30.3 Å². The van der Waals surface area contributed by atoms with Crippen LogP contribution in [0.25, 0.3) is 0 Å². The molecule has 0 saturated heterocycles. The highest BCUT2D eigenvalue weighted by Gasteiger charge is 2.18. The SMILES string of the molecule is O=C(CCCOc1ccccc1)N[C@@H](CCO)C(=O)O. The summed E-state index contributed by atoms with van der Waals surface area (Å²) in [5, 5.41) is 19.9. The van der Waals surface area contributed by atoms with E-state index in [4.69, 9.17) is 14.9 Å². The van der Waals surface area contributed by atoms with E-state index in [9.17, 15) is 9.59 Å². The smallest absolute Gasteiger partial charge is 0.326 e. The van der Waals surface area contributed by atoms with Crippen molar-refractivity contribution in [2.24, 2.45) is 0 Å². The number of carboxylic acids is 1. The minimum absolute atomic E-state index is 0.00158. The standard InChI is InChI=1S/C14H19NO5/c16-9-8-12(14(18)19)15-13(17)7-4-10-20-11-5-2-1-3-6-11/h1-3,5-6,12,16H,4,7-10H2,(H,15,17)(H,18,19)/t12-/m0/s1. The zero-order valence-electron chi connectivity index (χ0n) is 11.1. The molecule has 0 unspecified atom stereocenters. The van der Waals surface area contributed by atoms with Crippen LogP contribution >= 0.6 is 0 Å². The first-order valence-corrected chi connectivity index (χ1v) is 6.44. The van der Waals surface area contributed by atoms with Gasteiger partial charge in [-0.25, -0.2) is 4.79 Å². The maximum atomic E-state index is 11.5. The van der Waals surface area contributed by atoms with Crippen LogP contribution in [-0.2, 0) is 9.59 Å². The van der Waals surface area contributed by atoms with Gasteiger partial charge >= 0.3 is 5.97 Å². The minimum atomic E-state index is -1.15. The zero-order valence-corrected chi connectivity index (χ0v) is 11.1. The average molecular weight is 281 g/mol. The highest BCUT2D eigenvalue weighted by atomic mass is 16.5. The summed E-state index contributed by atoms with van der Waals surface area (Å²) in [4.78, 5) is 22.3. The molecule has 20 heavy (non-hydrogen) atoms. The molecule has 0 aromatic heterocycles. The fourth-order valence-corrected chi connectivity index (χ4v) is 1.59. The van der Waals surface area contributed by atoms with Crippen LogP contribution in [-0.4, -0.2) is 41.3 Å². The Morgan fingerprint density at radius 2 is 1.95 bits per heavy atom. The third-order valence-corrected chi connectivity index (χ3v) is 2.61. The summed E-state index contributed by atoms with van der Waals surface area (Å²) in [6.45, 7) is 0.101. The Labute approximate surface area is 117 Å². The molecule has 0 spiro atoms. The van der Waals surface area contributed by atoms with Crippen molar-refractivity contribution in [2.75, 3.05) is 13.2 Å². The lowest BCUT2D eigenvalue weighted by Crippen LogP contribution is -2.41. The number of aliphatic hydroxyl groups is 1. The topological polar surface area (TPSA) is 95.9 Å². The molecule has 0 aliphatic heterocycles. The Bertz CT molecular complexity index is 421. The number of carboxylic acid groups (broad SMARTS) is 1. The molecule has 0 bridgehead atoms. The monoisotopic (exact) mass is 281 g/mol. The molecule has 6 nitrogen and oxygen atoms in total. The van der Waals surface area contributed by atoms with Gasteiger partial charge in [0.25, 0.3) is 0 Å². The van der Waals surface area contributed by atoms with Crippen molar-refractivity contribution in [1.82, 2.24) is 5.32 Å². The van der Waals surface area contributed by atoms with Gasteiger partial charge in [0, 0.05) is 19.4 Å². The van der Waals surface area contributed by atoms with E-state index in [2.05, 4.69) is 5.32 Å². The molecule has 0 radical (unpaired) electrons. The van der Waals surface area contributed by atoms with Crippen molar-refractivity contribution in [3.63, 3.8) is 0 Å². The zero-order chi connectivity index (χ0) is 14.8. The average Bonchev–Trinajstić information content (AvgIpc) is 2.44. The molecular formula is C14H19NO5. The van der Waals surface area contributed by atoms with Gasteiger partial charge in [-0.2, -0.15) is 0 Å². The molecule has 110 valence electrons. The molecule has 0 aliphatic rings. The maximum Gasteiger partial charge on any atom is 0.326 e. The van der Waals surface area contributed by atoms with Crippen LogP contribution < -0.4 is 10.1 Å². The van der Waals surface area contributed by atoms with Gasteiger partial charge in [-0.1, -0.05) is 18.2 Å². The summed E-state index contributed by atoms with van der Waals surface area (Å²) < 4.78 is 5.42. The third-order valence-electron chi connectivity index (χ3n) is 2.61. The van der Waals surface area contributed by atoms with Crippen molar-refractivity contribution in [1.29, 1.82) is 0 Å². The third kappa shape index (κ3) is 6.19. The van der Waals surface area contributed by atoms with E-state index < -0.39 is 12.0 Å². The Hall–Kier alpha value is -2.08. The van der Waals surface area contributed by atoms with Crippen LogP contribution in [0.1, 0.15) is 19.3 Å². The first kappa shape index (κ1) is 16.0. The number of carbonyl (C=O) groups is 2. The molecule has 1 aromatic carbocycles. The van der Waals surface area contributed by atoms with Crippen LogP contribution in [0.3, 0.4) is 0 Å². The molecule has 0 saturated carbocycles. The second-order valence-electron chi connectivity index (χ2n) is 4.24. The number of benzene rings is 1. The number of nitrogens with one attached hydrogen (secondary N) is 1. The van der Waals surface area contributed by atoms with Gasteiger partial charge in [0.15, 0.2) is 0 Å². The predicted octanol–water partition coefficient (Wildman–Crippen LogP) is 0.797. The first-order valence-electron chi connectivity index (χ1n) is 6.44. The van der Waals surface area contributed by atoms with E-state index in [1.54, 1.807) is 0 Å². The summed E-state index contributed by atoms with van der Waals surface area (Å²) in [6.07, 6.45) is 0.676. The number of rotatable bonds is 9. The Morgan fingerprint density at radius 1 is 1.25 bits per heavy atom. The first-order chi connectivity index (χ1) is 9.63. The second-order valence-corrected chi connectivity index (χ2v) is 4.24. The quantitative estimate of drug-likeness (QED) is 0.582. The summed E-state index contributed by atoms with van der Waals surface area (Å²) in [5.74, 6) is -0.771. The predicted molar refractivity (Wildman–Crippen MR) is 72.4 cm³/mol. The van der Waals surface area contributed by atoms with Gasteiger partial charge < -0.3 is 20.3 Å². The molecule has 0 heterocycles. The van der Waals surface area contributed by atoms with Crippen LogP contribution in [0.5, 0.6) is 5.75 Å². The van der Waals surface area contributed by atoms with Crippen LogP contribution in [0.15, 0.2) is 30.3 Å². The van der Waals surface area contributed by atoms with Gasteiger partial charge in [0.1, 0.15) is 11.8 Å². The molecule has 1 rings (SSSR count). The van der Waals surface area contributed by atoms with Gasteiger partial charge in [0.05, 0.1) is 6.61 Å². The molecule has 3 N–H and O–H groups in total. The van der Waals surface area contributed by atoms with E-state index in [0.29, 0.717) is 13.0 Å². The Balaban J connectivity index is 2.21. The van der Waals surface area contributed by atoms with Crippen LogP contribution in [0, 0.1) is 0 Å². The number of hydrogen-bond donors (Lipinski definition) is 3. The number of para-hydroxylation sites is 1. The van der Waals surface area contributed by atoms with Gasteiger partial charge in [-0.15, -0.1) is 0 Å². The minimum Gasteiger partial charge on any atom is -0.494 e. The highest BCUT2D eigenvalue weighted by molar-refractivity contribution is 5.83. The van der Waals surface area contributed by atoms with E-state index in [1.807, 2.05) is 30.3 Å². The summed E-state index contributed by atoms with van der Waals surface area (Å²) in [6, 6.07) is 8.20. The van der Waals surface area contributed by atoms with Crippen LogP contribution in [0.4, 0.5) is 0 Å².